The van der Waals surface area contributed by atoms with Crippen molar-refractivity contribution in [1.82, 2.24) is 4.90 Å². The number of anilines is 1. The van der Waals surface area contributed by atoms with Crippen LogP contribution in [-0.2, 0) is 25.6 Å². The Hall–Kier alpha value is -3.28. The molecule has 0 radical (unpaired) electrons. The lowest BCUT2D eigenvalue weighted by Gasteiger charge is -2.53. The van der Waals surface area contributed by atoms with Crippen molar-refractivity contribution in [3.05, 3.63) is 28.8 Å². The Kier molecular flexibility index (Phi) is 5.54. The number of phenolic OH excluding ortho intramolecular Hbond substituents is 1. The summed E-state index contributed by atoms with van der Waals surface area (Å²) in [6, 6.07) is 2.14. The van der Waals surface area contributed by atoms with Crippen molar-refractivity contribution in [3.63, 3.8) is 0 Å². The fourth-order valence-electron chi connectivity index (χ4n) is 5.87. The van der Waals surface area contributed by atoms with Crippen molar-refractivity contribution >= 4 is 34.8 Å². The first-order chi connectivity index (χ1) is 15.8. The Morgan fingerprint density at radius 3 is 2.41 bits per heavy atom. The van der Waals surface area contributed by atoms with Crippen molar-refractivity contribution in [2.24, 2.45) is 23.5 Å². The van der Waals surface area contributed by atoms with E-state index in [4.69, 9.17) is 5.73 Å². The van der Waals surface area contributed by atoms with Gasteiger partial charge in [0.2, 0.25) is 17.6 Å². The van der Waals surface area contributed by atoms with Crippen LogP contribution < -0.4 is 11.1 Å². The number of aliphatic hydroxyl groups is 3. The second-order valence-corrected chi connectivity index (χ2v) is 9.47. The van der Waals surface area contributed by atoms with Gasteiger partial charge in [-0.15, -0.1) is 0 Å². The topological polar surface area (TPSA) is 190 Å². The molecule has 34 heavy (non-hydrogen) atoms. The molecule has 2 fully saturated rings. The summed E-state index contributed by atoms with van der Waals surface area (Å²) in [5, 5.41) is 46.5. The number of likely N-dealkylation sites (N-methyl/N-ethyl adjacent to an activating group) is 1. The Labute approximate surface area is 194 Å². The number of carbonyl (C=O) groups is 4. The SMILES string of the molecule is CC(=O)Nc1ccc2c(c1O)C(O)=C1C(=O)[C@@]3(O)C(=O)C(C(N)=O)C(O)[C@H](N(C)C)[C@H]3C[C@H]1C2. The summed E-state index contributed by atoms with van der Waals surface area (Å²) in [5.74, 6) is -8.48. The predicted octanol–water partition coefficient (Wildman–Crippen LogP) is -0.913. The molecule has 0 spiro atoms. The maximum Gasteiger partial charge on any atom is 0.230 e. The van der Waals surface area contributed by atoms with Gasteiger partial charge < -0.3 is 36.4 Å². The van der Waals surface area contributed by atoms with Gasteiger partial charge in [-0.1, -0.05) is 6.07 Å². The average Bonchev–Trinajstić information content (AvgIpc) is 2.72. The molecule has 0 aliphatic heterocycles. The van der Waals surface area contributed by atoms with Crippen LogP contribution in [0, 0.1) is 17.8 Å². The number of primary amides is 1. The fraction of sp³-hybridized carbons (Fsp3) is 0.478. The molecule has 1 aromatic carbocycles. The third kappa shape index (κ3) is 3.15. The molecule has 11 heteroatoms. The highest BCUT2D eigenvalue weighted by atomic mass is 16.3. The van der Waals surface area contributed by atoms with Crippen LogP contribution in [0.1, 0.15) is 24.5 Å². The molecular weight excluding hydrogens is 446 g/mol. The lowest BCUT2D eigenvalue weighted by Crippen LogP contribution is -2.73. The highest BCUT2D eigenvalue weighted by Crippen LogP contribution is 2.52. The standard InChI is InChI=1S/C23H27N3O8/c1-8(27)25-12-5-4-9-6-10-7-11-16(26(2)3)19(30)15(22(24)33)21(32)23(11,34)20(31)14(10)18(29)13(9)17(12)28/h4-5,10-11,15-16,19,28-30,34H,6-7H2,1-3H3,(H2,24,33)(H,25,27)/t10-,11-,15?,16-,19?,23-/m1/s1. The zero-order valence-electron chi connectivity index (χ0n) is 18.9. The number of rotatable bonds is 3. The van der Waals surface area contributed by atoms with Crippen LogP contribution in [0.2, 0.25) is 0 Å². The number of phenols is 1. The van der Waals surface area contributed by atoms with Crippen molar-refractivity contribution < 1.29 is 39.6 Å². The number of aliphatic hydroxyl groups excluding tert-OH is 2. The minimum absolute atomic E-state index is 0.0232. The average molecular weight is 473 g/mol. The molecule has 0 heterocycles. The van der Waals surface area contributed by atoms with E-state index in [0.29, 0.717) is 5.56 Å². The zero-order valence-corrected chi connectivity index (χ0v) is 18.9. The van der Waals surface area contributed by atoms with Crippen molar-refractivity contribution in [1.29, 1.82) is 0 Å². The number of Topliss-reactive ketones (excluding diaryl/α,β-unsaturated/α-hetero) is 2. The molecule has 0 aromatic heterocycles. The Morgan fingerprint density at radius 2 is 1.85 bits per heavy atom. The first kappa shape index (κ1) is 23.9. The minimum Gasteiger partial charge on any atom is -0.507 e. The van der Waals surface area contributed by atoms with Crippen LogP contribution in [0.25, 0.3) is 5.76 Å². The van der Waals surface area contributed by atoms with Crippen LogP contribution in [0.3, 0.4) is 0 Å². The van der Waals surface area contributed by atoms with Crippen LogP contribution in [0.15, 0.2) is 17.7 Å². The van der Waals surface area contributed by atoms with Gasteiger partial charge in [-0.25, -0.2) is 0 Å². The van der Waals surface area contributed by atoms with Gasteiger partial charge in [-0.2, -0.15) is 0 Å². The molecule has 3 aliphatic rings. The van der Waals surface area contributed by atoms with E-state index in [1.165, 1.54) is 17.9 Å². The quantitative estimate of drug-likeness (QED) is 0.238. The third-order valence-electron chi connectivity index (χ3n) is 7.27. The summed E-state index contributed by atoms with van der Waals surface area (Å²) >= 11 is 0. The number of carbonyl (C=O) groups excluding carboxylic acids is 4. The van der Waals surface area contributed by atoms with Gasteiger partial charge in [-0.05, 0) is 44.5 Å². The van der Waals surface area contributed by atoms with E-state index in [-0.39, 0.29) is 29.7 Å². The minimum atomic E-state index is -2.70. The maximum atomic E-state index is 13.7. The van der Waals surface area contributed by atoms with E-state index in [2.05, 4.69) is 5.32 Å². The molecule has 0 bridgehead atoms. The Bertz CT molecular complexity index is 1160. The van der Waals surface area contributed by atoms with Gasteiger partial charge in [0.15, 0.2) is 11.4 Å². The van der Waals surface area contributed by atoms with Crippen LogP contribution >= 0.6 is 0 Å². The smallest absolute Gasteiger partial charge is 0.230 e. The summed E-state index contributed by atoms with van der Waals surface area (Å²) in [7, 11) is 3.18. The van der Waals surface area contributed by atoms with Gasteiger partial charge in [0.05, 0.1) is 17.4 Å². The van der Waals surface area contributed by atoms with Crippen LogP contribution in [0.5, 0.6) is 5.75 Å². The first-order valence-electron chi connectivity index (χ1n) is 10.8. The van der Waals surface area contributed by atoms with Gasteiger partial charge in [0.25, 0.3) is 0 Å². The lowest BCUT2D eigenvalue weighted by molar-refractivity contribution is -0.184. The first-order valence-corrected chi connectivity index (χ1v) is 10.8. The molecule has 4 rings (SSSR count). The van der Waals surface area contributed by atoms with Gasteiger partial charge in [0.1, 0.15) is 17.4 Å². The predicted molar refractivity (Wildman–Crippen MR) is 118 cm³/mol. The van der Waals surface area contributed by atoms with Crippen molar-refractivity contribution in [3.8, 4) is 5.75 Å². The number of aromatic hydroxyl groups is 1. The molecule has 11 nitrogen and oxygen atoms in total. The van der Waals surface area contributed by atoms with Crippen LogP contribution in [0.4, 0.5) is 5.69 Å². The molecule has 6 atom stereocenters. The largest absolute Gasteiger partial charge is 0.507 e. The molecule has 2 unspecified atom stereocenters. The molecule has 2 saturated carbocycles. The van der Waals surface area contributed by atoms with E-state index < -0.39 is 70.4 Å². The van der Waals surface area contributed by atoms with Crippen molar-refractivity contribution in [2.45, 2.75) is 37.5 Å². The number of nitrogens with two attached hydrogens (primary N) is 1. The summed E-state index contributed by atoms with van der Waals surface area (Å²) < 4.78 is 0. The molecule has 7 N–H and O–H groups in total. The summed E-state index contributed by atoms with van der Waals surface area (Å²) in [5.41, 5.74) is 2.86. The number of nitrogens with one attached hydrogen (secondary N) is 1. The maximum absolute atomic E-state index is 13.7. The number of hydrogen-bond acceptors (Lipinski definition) is 9. The molecule has 0 saturated heterocycles. The van der Waals surface area contributed by atoms with E-state index in [9.17, 15) is 39.6 Å². The second-order valence-electron chi connectivity index (χ2n) is 9.47. The monoisotopic (exact) mass is 473 g/mol. The molecule has 2 amide bonds. The lowest BCUT2D eigenvalue weighted by atomic mass is 9.54. The number of fused-ring (bicyclic) bond motifs is 3. The molecule has 3 aliphatic carbocycles. The fourth-order valence-corrected chi connectivity index (χ4v) is 5.87. The zero-order chi connectivity index (χ0) is 25.3. The highest BCUT2D eigenvalue weighted by Gasteiger charge is 2.67. The number of amides is 2. The van der Waals surface area contributed by atoms with Gasteiger partial charge in [0, 0.05) is 24.5 Å². The Balaban J connectivity index is 1.89. The van der Waals surface area contributed by atoms with Gasteiger partial charge in [-0.3, -0.25) is 19.2 Å². The van der Waals surface area contributed by atoms with Crippen molar-refractivity contribution in [2.75, 3.05) is 19.4 Å². The number of ketones is 2. The van der Waals surface area contributed by atoms with E-state index in [1.54, 1.807) is 20.2 Å². The molecule has 182 valence electrons. The van der Waals surface area contributed by atoms with Gasteiger partial charge >= 0.3 is 0 Å². The second kappa shape index (κ2) is 7.90. The number of hydrogen-bond donors (Lipinski definition) is 6. The van der Waals surface area contributed by atoms with E-state index in [1.807, 2.05) is 0 Å². The summed E-state index contributed by atoms with van der Waals surface area (Å²) in [6.07, 6.45) is -1.28. The summed E-state index contributed by atoms with van der Waals surface area (Å²) in [6.45, 7) is 1.24. The number of nitrogens with zero attached hydrogens (tertiary/aromatic N) is 1. The molecule has 1 aromatic rings. The normalized spacial score (nSPS) is 32.7. The Morgan fingerprint density at radius 1 is 1.21 bits per heavy atom. The van der Waals surface area contributed by atoms with Crippen LogP contribution in [-0.4, -0.2) is 80.5 Å². The molecular formula is C23H27N3O8. The summed E-state index contributed by atoms with van der Waals surface area (Å²) in [4.78, 5) is 51.9. The number of benzene rings is 1. The van der Waals surface area contributed by atoms with E-state index >= 15 is 0 Å². The third-order valence-corrected chi connectivity index (χ3v) is 7.27. The van der Waals surface area contributed by atoms with E-state index in [0.717, 1.165) is 0 Å². The highest BCUT2D eigenvalue weighted by molar-refractivity contribution is 6.25.